The molecule has 3 rings (SSSR count). The van der Waals surface area contributed by atoms with Crippen LogP contribution in [0.25, 0.3) is 0 Å². The van der Waals surface area contributed by atoms with Crippen LogP contribution in [-0.2, 0) is 16.1 Å². The molecule has 2 heterocycles. The van der Waals surface area contributed by atoms with Crippen LogP contribution < -0.4 is 10.1 Å². The van der Waals surface area contributed by atoms with Gasteiger partial charge in [-0.05, 0) is 29.5 Å². The number of methoxy groups -OCH3 is 1. The molecule has 1 aromatic rings. The molecule has 0 saturated carbocycles. The molecule has 0 bridgehead atoms. The van der Waals surface area contributed by atoms with E-state index < -0.39 is 12.2 Å². The van der Waals surface area contributed by atoms with Crippen LogP contribution in [0, 0.1) is 11.8 Å². The molecule has 176 valence electrons. The molecular weight excluding hydrogens is 410 g/mol. The number of benzene rings is 1. The first-order valence-electron chi connectivity index (χ1n) is 11.1. The fourth-order valence-electron chi connectivity index (χ4n) is 4.47. The summed E-state index contributed by atoms with van der Waals surface area (Å²) in [6, 6.07) is 6.61. The summed E-state index contributed by atoms with van der Waals surface area (Å²) in [6.45, 7) is 9.28. The fourth-order valence-corrected chi connectivity index (χ4v) is 4.47. The number of nitrogens with one attached hydrogen (secondary N) is 1. The Kier molecular flexibility index (Phi) is 7.28. The first kappa shape index (κ1) is 23.8. The van der Waals surface area contributed by atoms with Gasteiger partial charge < -0.3 is 19.9 Å². The first-order valence-corrected chi connectivity index (χ1v) is 11.1. The maximum absolute atomic E-state index is 13.3. The van der Waals surface area contributed by atoms with Gasteiger partial charge in [0, 0.05) is 20.1 Å². The number of urea groups is 1. The highest BCUT2D eigenvalue weighted by atomic mass is 16.5. The summed E-state index contributed by atoms with van der Waals surface area (Å²) >= 11 is 0. The van der Waals surface area contributed by atoms with Gasteiger partial charge in [-0.25, -0.2) is 14.8 Å². The number of nitrogens with zero attached hydrogens (tertiary/aromatic N) is 4. The number of piperazine rings is 1. The standard InChI is InChI=1S/C23H35N5O4/c1-15(2)12-26-13-19-27(21(16(3)4)22(26)30)20(29)14-25(5)28(19)23(31)24-11-17-7-9-18(32-6)10-8-17/h7-10,15-16,19,21H,11-14H2,1-6H3,(H,24,31)/t19-,21-/m0/s1. The van der Waals surface area contributed by atoms with Crippen molar-refractivity contribution in [2.24, 2.45) is 11.8 Å². The Morgan fingerprint density at radius 1 is 1.16 bits per heavy atom. The lowest BCUT2D eigenvalue weighted by Crippen LogP contribution is -2.76. The number of carbonyl (C=O) groups excluding carboxylic acids is 3. The third-order valence-electron chi connectivity index (χ3n) is 5.90. The van der Waals surface area contributed by atoms with E-state index in [1.54, 1.807) is 34.0 Å². The number of rotatable bonds is 6. The summed E-state index contributed by atoms with van der Waals surface area (Å²) in [7, 11) is 3.34. The molecule has 2 atom stereocenters. The second kappa shape index (κ2) is 9.77. The van der Waals surface area contributed by atoms with Crippen molar-refractivity contribution in [3.8, 4) is 5.75 Å². The summed E-state index contributed by atoms with van der Waals surface area (Å²) in [5.74, 6) is 0.806. The maximum Gasteiger partial charge on any atom is 0.334 e. The van der Waals surface area contributed by atoms with Gasteiger partial charge in [0.2, 0.25) is 11.8 Å². The van der Waals surface area contributed by atoms with Crippen LogP contribution in [0.3, 0.4) is 0 Å². The number of hydrogen-bond acceptors (Lipinski definition) is 5. The van der Waals surface area contributed by atoms with E-state index in [1.807, 2.05) is 38.1 Å². The minimum atomic E-state index is -0.578. The average Bonchev–Trinajstić information content (AvgIpc) is 2.73. The van der Waals surface area contributed by atoms with Gasteiger partial charge in [0.25, 0.3) is 0 Å². The molecule has 0 radical (unpaired) electrons. The van der Waals surface area contributed by atoms with Crippen LogP contribution in [0.1, 0.15) is 33.3 Å². The molecule has 4 amide bonds. The molecule has 2 saturated heterocycles. The average molecular weight is 446 g/mol. The molecule has 2 fully saturated rings. The predicted octanol–water partition coefficient (Wildman–Crippen LogP) is 1.74. The van der Waals surface area contributed by atoms with E-state index in [9.17, 15) is 14.4 Å². The third kappa shape index (κ3) is 4.82. The van der Waals surface area contributed by atoms with E-state index in [2.05, 4.69) is 19.2 Å². The van der Waals surface area contributed by atoms with Gasteiger partial charge in [0.05, 0.1) is 20.2 Å². The van der Waals surface area contributed by atoms with Crippen molar-refractivity contribution in [1.82, 2.24) is 25.1 Å². The molecule has 1 aromatic carbocycles. The molecule has 0 aromatic heterocycles. The fraction of sp³-hybridized carbons (Fsp3) is 0.609. The Morgan fingerprint density at radius 2 is 1.81 bits per heavy atom. The van der Waals surface area contributed by atoms with Gasteiger partial charge in [-0.1, -0.05) is 39.8 Å². The summed E-state index contributed by atoms with van der Waals surface area (Å²) in [5.41, 5.74) is 0.937. The molecule has 2 aliphatic rings. The van der Waals surface area contributed by atoms with Crippen LogP contribution in [0.4, 0.5) is 4.79 Å². The third-order valence-corrected chi connectivity index (χ3v) is 5.90. The molecule has 1 N–H and O–H groups in total. The van der Waals surface area contributed by atoms with Crippen LogP contribution in [0.15, 0.2) is 24.3 Å². The van der Waals surface area contributed by atoms with Gasteiger partial charge in [-0.2, -0.15) is 0 Å². The number of hydrazine groups is 1. The summed E-state index contributed by atoms with van der Waals surface area (Å²) in [5, 5.41) is 6.19. The predicted molar refractivity (Wildman–Crippen MR) is 120 cm³/mol. The smallest absolute Gasteiger partial charge is 0.334 e. The zero-order valence-corrected chi connectivity index (χ0v) is 19.9. The summed E-state index contributed by atoms with van der Waals surface area (Å²) in [4.78, 5) is 42.9. The molecular formula is C23H35N5O4. The van der Waals surface area contributed by atoms with Crippen LogP contribution in [0.5, 0.6) is 5.75 Å². The van der Waals surface area contributed by atoms with Gasteiger partial charge in [0.1, 0.15) is 18.0 Å². The summed E-state index contributed by atoms with van der Waals surface area (Å²) < 4.78 is 5.18. The van der Waals surface area contributed by atoms with E-state index in [-0.39, 0.29) is 36.2 Å². The Balaban J connectivity index is 1.83. The first-order chi connectivity index (χ1) is 15.1. The van der Waals surface area contributed by atoms with Crippen molar-refractivity contribution in [2.45, 2.75) is 46.4 Å². The Bertz CT molecular complexity index is 841. The van der Waals surface area contributed by atoms with Crippen molar-refractivity contribution >= 4 is 17.8 Å². The lowest BCUT2D eigenvalue weighted by molar-refractivity contribution is -0.190. The van der Waals surface area contributed by atoms with Gasteiger partial charge in [-0.3, -0.25) is 9.59 Å². The molecule has 9 heteroatoms. The Hall–Kier alpha value is -2.81. The highest BCUT2D eigenvalue weighted by Crippen LogP contribution is 2.29. The largest absolute Gasteiger partial charge is 0.497 e. The van der Waals surface area contributed by atoms with E-state index in [1.165, 1.54) is 0 Å². The number of carbonyl (C=O) groups is 3. The van der Waals surface area contributed by atoms with Crippen molar-refractivity contribution in [3.05, 3.63) is 29.8 Å². The molecule has 9 nitrogen and oxygen atoms in total. The normalized spacial score (nSPS) is 21.9. The summed E-state index contributed by atoms with van der Waals surface area (Å²) in [6.07, 6.45) is -0.541. The molecule has 32 heavy (non-hydrogen) atoms. The van der Waals surface area contributed by atoms with Crippen molar-refractivity contribution < 1.29 is 19.1 Å². The SMILES string of the molecule is COc1ccc(CNC(=O)N2[C@H]3CN(CC(C)C)C(=O)[C@H](C(C)C)N3C(=O)CN2C)cc1. The Morgan fingerprint density at radius 3 is 2.38 bits per heavy atom. The minimum Gasteiger partial charge on any atom is -0.497 e. The van der Waals surface area contributed by atoms with Crippen LogP contribution in [0.2, 0.25) is 0 Å². The van der Waals surface area contributed by atoms with Gasteiger partial charge in [-0.15, -0.1) is 0 Å². The molecule has 0 aliphatic carbocycles. The lowest BCUT2D eigenvalue weighted by Gasteiger charge is -2.55. The van der Waals surface area contributed by atoms with E-state index in [0.29, 0.717) is 19.6 Å². The van der Waals surface area contributed by atoms with Crippen LogP contribution >= 0.6 is 0 Å². The van der Waals surface area contributed by atoms with Crippen LogP contribution in [-0.4, -0.2) is 83.7 Å². The van der Waals surface area contributed by atoms with E-state index in [0.717, 1.165) is 11.3 Å². The molecule has 0 spiro atoms. The second-order valence-corrected chi connectivity index (χ2v) is 9.27. The number of ether oxygens (including phenoxy) is 1. The molecule has 2 aliphatic heterocycles. The second-order valence-electron chi connectivity index (χ2n) is 9.27. The van der Waals surface area contributed by atoms with Gasteiger partial charge in [0.15, 0.2) is 0 Å². The zero-order chi connectivity index (χ0) is 23.6. The van der Waals surface area contributed by atoms with Gasteiger partial charge >= 0.3 is 6.03 Å². The lowest BCUT2D eigenvalue weighted by atomic mass is 9.95. The van der Waals surface area contributed by atoms with Crippen molar-refractivity contribution in [2.75, 3.05) is 33.8 Å². The van der Waals surface area contributed by atoms with E-state index >= 15 is 0 Å². The van der Waals surface area contributed by atoms with Crippen molar-refractivity contribution in [1.29, 1.82) is 0 Å². The maximum atomic E-state index is 13.3. The van der Waals surface area contributed by atoms with Crippen molar-refractivity contribution in [3.63, 3.8) is 0 Å². The number of amides is 4. The minimum absolute atomic E-state index is 0.0403. The number of hydrogen-bond donors (Lipinski definition) is 1. The number of fused-ring (bicyclic) bond motifs is 1. The highest BCUT2D eigenvalue weighted by Gasteiger charge is 2.51. The monoisotopic (exact) mass is 445 g/mol. The zero-order valence-electron chi connectivity index (χ0n) is 19.9. The topological polar surface area (TPSA) is 85.4 Å². The number of likely N-dealkylation sites (N-methyl/N-ethyl adjacent to an activating group) is 1. The van der Waals surface area contributed by atoms with E-state index in [4.69, 9.17) is 4.74 Å². The Labute approximate surface area is 190 Å². The molecule has 0 unspecified atom stereocenters. The quantitative estimate of drug-likeness (QED) is 0.721. The highest BCUT2D eigenvalue weighted by molar-refractivity contribution is 5.91.